The minimum absolute atomic E-state index is 0.151. The first-order valence-electron chi connectivity index (χ1n) is 6.40. The van der Waals surface area contributed by atoms with Crippen LogP contribution in [0.5, 0.6) is 0 Å². The van der Waals surface area contributed by atoms with E-state index >= 15 is 0 Å². The topological polar surface area (TPSA) is 79.5 Å². The van der Waals surface area contributed by atoms with Gasteiger partial charge < -0.3 is 15.7 Å². The van der Waals surface area contributed by atoms with Crippen LogP contribution in [0.25, 0.3) is 0 Å². The van der Waals surface area contributed by atoms with Gasteiger partial charge in [-0.05, 0) is 37.7 Å². The first-order valence-corrected chi connectivity index (χ1v) is 6.40. The number of hydrogen-bond donors (Lipinski definition) is 2. The smallest absolute Gasteiger partial charge is 0.337 e. The molecule has 5 heteroatoms. The first-order chi connectivity index (χ1) is 8.65. The maximum atomic E-state index is 10.9. The lowest BCUT2D eigenvalue weighted by Gasteiger charge is -2.24. The number of hydrogen-bond acceptors (Lipinski definition) is 4. The summed E-state index contributed by atoms with van der Waals surface area (Å²) in [7, 11) is 0. The molecule has 96 valence electrons. The van der Waals surface area contributed by atoms with Crippen LogP contribution in [0.1, 0.15) is 36.0 Å². The minimum atomic E-state index is -0.985. The fraction of sp³-hybridized carbons (Fsp3) is 0.538. The molecule has 2 fully saturated rings. The van der Waals surface area contributed by atoms with Gasteiger partial charge in [0.25, 0.3) is 0 Å². The van der Waals surface area contributed by atoms with E-state index in [0.29, 0.717) is 11.7 Å². The molecule has 0 atom stereocenters. The molecule has 2 aliphatic carbocycles. The summed E-state index contributed by atoms with van der Waals surface area (Å²) in [5, 5.41) is 8.91. The maximum absolute atomic E-state index is 10.9. The van der Waals surface area contributed by atoms with Crippen LogP contribution in [0.3, 0.4) is 0 Å². The van der Waals surface area contributed by atoms with E-state index in [9.17, 15) is 4.79 Å². The van der Waals surface area contributed by atoms with Crippen molar-refractivity contribution >= 4 is 17.5 Å². The Hall–Kier alpha value is -1.78. The molecule has 0 unspecified atom stereocenters. The van der Waals surface area contributed by atoms with E-state index in [4.69, 9.17) is 10.8 Å². The number of rotatable bonds is 5. The monoisotopic (exact) mass is 247 g/mol. The van der Waals surface area contributed by atoms with Crippen molar-refractivity contribution < 1.29 is 9.90 Å². The van der Waals surface area contributed by atoms with Crippen LogP contribution >= 0.6 is 0 Å². The van der Waals surface area contributed by atoms with Crippen molar-refractivity contribution in [1.82, 2.24) is 4.98 Å². The maximum Gasteiger partial charge on any atom is 0.337 e. The number of carboxylic acids is 1. The van der Waals surface area contributed by atoms with Gasteiger partial charge in [-0.3, -0.25) is 0 Å². The lowest BCUT2D eigenvalue weighted by molar-refractivity contribution is 0.0696. The Balaban J connectivity index is 1.86. The molecule has 1 aromatic heterocycles. The van der Waals surface area contributed by atoms with Gasteiger partial charge in [0, 0.05) is 18.8 Å². The van der Waals surface area contributed by atoms with E-state index in [2.05, 4.69) is 9.88 Å². The highest BCUT2D eigenvalue weighted by molar-refractivity contribution is 5.89. The third-order valence-corrected chi connectivity index (χ3v) is 3.55. The summed E-state index contributed by atoms with van der Waals surface area (Å²) >= 11 is 0. The van der Waals surface area contributed by atoms with Crippen molar-refractivity contribution in [2.75, 3.05) is 17.2 Å². The van der Waals surface area contributed by atoms with Gasteiger partial charge in [0.05, 0.1) is 11.3 Å². The average molecular weight is 247 g/mol. The molecular weight excluding hydrogens is 230 g/mol. The second kappa shape index (κ2) is 4.15. The number of nitrogens with two attached hydrogens (primary N) is 1. The average Bonchev–Trinajstić information content (AvgIpc) is 3.19. The molecule has 0 saturated heterocycles. The molecule has 0 amide bonds. The highest BCUT2D eigenvalue weighted by Crippen LogP contribution is 2.38. The predicted molar refractivity (Wildman–Crippen MR) is 68.7 cm³/mol. The Morgan fingerprint density at radius 2 is 2.17 bits per heavy atom. The molecule has 0 aromatic carbocycles. The molecule has 2 saturated carbocycles. The number of anilines is 2. The second-order valence-electron chi connectivity index (χ2n) is 5.27. The summed E-state index contributed by atoms with van der Waals surface area (Å²) in [4.78, 5) is 17.4. The van der Waals surface area contributed by atoms with Gasteiger partial charge in [0.2, 0.25) is 0 Å². The molecule has 5 nitrogen and oxygen atoms in total. The van der Waals surface area contributed by atoms with Crippen molar-refractivity contribution in [3.05, 3.63) is 17.8 Å². The van der Waals surface area contributed by atoms with Crippen LogP contribution < -0.4 is 10.6 Å². The van der Waals surface area contributed by atoms with E-state index in [0.717, 1.165) is 18.3 Å². The molecule has 0 radical (unpaired) electrons. The van der Waals surface area contributed by atoms with E-state index in [1.54, 1.807) is 0 Å². The molecule has 3 N–H and O–H groups in total. The third kappa shape index (κ3) is 2.25. The second-order valence-corrected chi connectivity index (χ2v) is 5.27. The fourth-order valence-corrected chi connectivity index (χ4v) is 2.20. The Labute approximate surface area is 106 Å². The van der Waals surface area contributed by atoms with Gasteiger partial charge in [0.1, 0.15) is 0 Å². The Kier molecular flexibility index (Phi) is 2.61. The van der Waals surface area contributed by atoms with Crippen molar-refractivity contribution in [2.24, 2.45) is 5.92 Å². The lowest BCUT2D eigenvalue weighted by atomic mass is 10.2. The van der Waals surface area contributed by atoms with Gasteiger partial charge in [-0.25, -0.2) is 9.78 Å². The first kappa shape index (κ1) is 11.3. The SMILES string of the molecule is Nc1cc(C(=O)O)cnc1N(CC1CC1)C1CC1. The van der Waals surface area contributed by atoms with Crippen LogP contribution in [0.4, 0.5) is 11.5 Å². The van der Waals surface area contributed by atoms with Crippen molar-refractivity contribution in [3.63, 3.8) is 0 Å². The zero-order valence-electron chi connectivity index (χ0n) is 10.2. The zero-order valence-corrected chi connectivity index (χ0v) is 10.2. The number of nitrogens with zero attached hydrogens (tertiary/aromatic N) is 2. The van der Waals surface area contributed by atoms with Gasteiger partial charge in [-0.15, -0.1) is 0 Å². The molecule has 1 aromatic rings. The summed E-state index contributed by atoms with van der Waals surface area (Å²) in [5.41, 5.74) is 6.58. The number of pyridine rings is 1. The summed E-state index contributed by atoms with van der Waals surface area (Å²) in [6, 6.07) is 2.06. The normalized spacial score (nSPS) is 18.7. The molecule has 1 heterocycles. The molecular formula is C13H17N3O2. The highest BCUT2D eigenvalue weighted by atomic mass is 16.4. The van der Waals surface area contributed by atoms with Crippen LogP contribution in [-0.4, -0.2) is 28.6 Å². The number of aromatic carboxylic acids is 1. The Morgan fingerprint density at radius 3 is 2.67 bits per heavy atom. The number of aromatic nitrogens is 1. The largest absolute Gasteiger partial charge is 0.478 e. The van der Waals surface area contributed by atoms with Crippen LogP contribution in [0.15, 0.2) is 12.3 Å². The lowest BCUT2D eigenvalue weighted by Crippen LogP contribution is -2.29. The summed E-state index contributed by atoms with van der Waals surface area (Å²) < 4.78 is 0. The predicted octanol–water partition coefficient (Wildman–Crippen LogP) is 1.74. The minimum Gasteiger partial charge on any atom is -0.478 e. The molecule has 3 rings (SSSR count). The summed E-state index contributed by atoms with van der Waals surface area (Å²) in [6.07, 6.45) is 6.35. The van der Waals surface area contributed by atoms with E-state index < -0.39 is 5.97 Å². The molecule has 0 bridgehead atoms. The quantitative estimate of drug-likeness (QED) is 0.828. The molecule has 0 aliphatic heterocycles. The van der Waals surface area contributed by atoms with Crippen LogP contribution in [0, 0.1) is 5.92 Å². The highest BCUT2D eigenvalue weighted by Gasteiger charge is 2.35. The van der Waals surface area contributed by atoms with Crippen molar-refractivity contribution in [1.29, 1.82) is 0 Å². The fourth-order valence-electron chi connectivity index (χ4n) is 2.20. The number of carboxylic acid groups (broad SMARTS) is 1. The summed E-state index contributed by atoms with van der Waals surface area (Å²) in [6.45, 7) is 1.01. The number of nitrogen functional groups attached to an aromatic ring is 1. The molecule has 0 spiro atoms. The Bertz CT molecular complexity index is 481. The van der Waals surface area contributed by atoms with E-state index in [1.807, 2.05) is 0 Å². The third-order valence-electron chi connectivity index (χ3n) is 3.55. The zero-order chi connectivity index (χ0) is 12.7. The van der Waals surface area contributed by atoms with Gasteiger partial charge >= 0.3 is 5.97 Å². The van der Waals surface area contributed by atoms with Gasteiger partial charge in [-0.1, -0.05) is 0 Å². The number of carbonyl (C=O) groups is 1. The van der Waals surface area contributed by atoms with Crippen molar-refractivity contribution in [3.8, 4) is 0 Å². The molecule has 2 aliphatic rings. The van der Waals surface area contributed by atoms with Gasteiger partial charge in [-0.2, -0.15) is 0 Å². The standard InChI is InChI=1S/C13H17N3O2/c14-11-5-9(13(17)18)6-15-12(11)16(10-3-4-10)7-8-1-2-8/h5-6,8,10H,1-4,7,14H2,(H,17,18). The van der Waals surface area contributed by atoms with Crippen molar-refractivity contribution in [2.45, 2.75) is 31.7 Å². The Morgan fingerprint density at radius 1 is 1.44 bits per heavy atom. The van der Waals surface area contributed by atoms with Crippen LogP contribution in [0.2, 0.25) is 0 Å². The van der Waals surface area contributed by atoms with E-state index in [1.165, 1.54) is 37.9 Å². The summed E-state index contributed by atoms with van der Waals surface area (Å²) in [5.74, 6) is 0.543. The molecule has 18 heavy (non-hydrogen) atoms. The van der Waals surface area contributed by atoms with E-state index in [-0.39, 0.29) is 5.56 Å². The van der Waals surface area contributed by atoms with Gasteiger partial charge in [0.15, 0.2) is 5.82 Å². The van der Waals surface area contributed by atoms with Crippen LogP contribution in [-0.2, 0) is 0 Å².